The van der Waals surface area contributed by atoms with Gasteiger partial charge in [-0.1, -0.05) is 54.6 Å². The van der Waals surface area contributed by atoms with Crippen molar-refractivity contribution in [2.45, 2.75) is 32.2 Å². The molecule has 0 unspecified atom stereocenters. The Bertz CT molecular complexity index is 1390. The number of aryl methyl sites for hydroxylation is 1. The number of carbonyl (C=O) groups is 2. The highest BCUT2D eigenvalue weighted by molar-refractivity contribution is 5.96. The van der Waals surface area contributed by atoms with Crippen LogP contribution >= 0.6 is 0 Å². The smallest absolute Gasteiger partial charge is 0.307 e. The molecule has 4 rings (SSSR count). The number of aliphatic carboxylic acids is 2. The third-order valence-corrected chi connectivity index (χ3v) is 6.05. The average Bonchev–Trinajstić information content (AvgIpc) is 3.25. The highest BCUT2D eigenvalue weighted by Crippen LogP contribution is 2.28. The zero-order chi connectivity index (χ0) is 26.7. The van der Waals surface area contributed by atoms with Crippen molar-refractivity contribution in [3.63, 3.8) is 0 Å². The van der Waals surface area contributed by atoms with Crippen molar-refractivity contribution in [2.24, 2.45) is 0 Å². The summed E-state index contributed by atoms with van der Waals surface area (Å²) in [5, 5.41) is 19.3. The number of carboxylic acids is 2. The second kappa shape index (κ2) is 13.1. The molecule has 0 amide bonds. The summed E-state index contributed by atoms with van der Waals surface area (Å²) in [4.78, 5) is 22.4. The van der Waals surface area contributed by atoms with Crippen molar-refractivity contribution >= 4 is 35.0 Å². The van der Waals surface area contributed by atoms with Crippen molar-refractivity contribution in [2.75, 3.05) is 13.2 Å². The lowest BCUT2D eigenvalue weighted by molar-refractivity contribution is -0.137. The topological polar surface area (TPSA) is 98.0 Å². The van der Waals surface area contributed by atoms with Gasteiger partial charge in [-0.25, -0.2) is 0 Å². The summed E-state index contributed by atoms with van der Waals surface area (Å²) < 4.78 is 13.5. The van der Waals surface area contributed by atoms with E-state index in [2.05, 4.69) is 0 Å². The maximum atomic E-state index is 11.5. The molecular weight excluding hydrogens is 482 g/mol. The van der Waals surface area contributed by atoms with E-state index < -0.39 is 11.9 Å². The van der Waals surface area contributed by atoms with E-state index in [1.165, 1.54) is 0 Å². The van der Waals surface area contributed by atoms with E-state index in [1.807, 2.05) is 95.7 Å². The maximum absolute atomic E-state index is 11.5. The fraction of sp³-hybridized carbons (Fsp3) is 0.226. The Morgan fingerprint density at radius 1 is 0.763 bits per heavy atom. The molecule has 7 nitrogen and oxygen atoms in total. The molecule has 3 aromatic carbocycles. The molecule has 1 aromatic heterocycles. The molecule has 4 aromatic rings. The van der Waals surface area contributed by atoms with Crippen LogP contribution in [-0.4, -0.2) is 39.9 Å². The first-order valence-electron chi connectivity index (χ1n) is 12.6. The fourth-order valence-corrected chi connectivity index (χ4v) is 4.31. The van der Waals surface area contributed by atoms with E-state index in [-0.39, 0.29) is 12.8 Å². The van der Waals surface area contributed by atoms with Gasteiger partial charge < -0.3 is 24.3 Å². The van der Waals surface area contributed by atoms with Gasteiger partial charge in [-0.2, -0.15) is 0 Å². The Morgan fingerprint density at radius 2 is 1.47 bits per heavy atom. The molecule has 0 bridgehead atoms. The first-order chi connectivity index (χ1) is 18.5. The van der Waals surface area contributed by atoms with Crippen LogP contribution in [0, 0.1) is 0 Å². The molecule has 0 aliphatic rings. The van der Waals surface area contributed by atoms with Crippen LogP contribution in [-0.2, 0) is 22.6 Å². The number of hydrogen-bond acceptors (Lipinski definition) is 4. The molecule has 0 radical (unpaired) electrons. The van der Waals surface area contributed by atoms with Gasteiger partial charge in [0, 0.05) is 36.5 Å². The number of carboxylic acid groups (broad SMARTS) is 2. The molecule has 7 heteroatoms. The Hall–Kier alpha value is -4.52. The molecule has 0 aliphatic carbocycles. The maximum Gasteiger partial charge on any atom is 0.307 e. The van der Waals surface area contributed by atoms with Crippen LogP contribution in [0.4, 0.5) is 0 Å². The lowest BCUT2D eigenvalue weighted by Gasteiger charge is -2.08. The Morgan fingerprint density at radius 3 is 2.16 bits per heavy atom. The normalized spacial score (nSPS) is 11.2. The standard InChI is InChI=1S/C31H31NO6/c33-29(34)11-5-18-32-22-25(21-30(35)36)31-24(7-4-10-28(31)32)15-12-23-13-16-27(17-14-23)38-20-6-19-37-26-8-2-1-3-9-26/h1-4,7-10,12-17,22H,5-6,11,18-21H2,(H,33,34)(H,35,36). The zero-order valence-corrected chi connectivity index (χ0v) is 21.1. The fourth-order valence-electron chi connectivity index (χ4n) is 4.31. The molecule has 196 valence electrons. The van der Waals surface area contributed by atoms with E-state index in [0.29, 0.717) is 31.7 Å². The van der Waals surface area contributed by atoms with Gasteiger partial charge in [-0.15, -0.1) is 0 Å². The number of hydrogen-bond donors (Lipinski definition) is 2. The first kappa shape index (κ1) is 26.5. The molecule has 0 aliphatic heterocycles. The largest absolute Gasteiger partial charge is 0.493 e. The number of benzene rings is 3. The van der Waals surface area contributed by atoms with Crippen molar-refractivity contribution < 1.29 is 29.3 Å². The molecule has 0 atom stereocenters. The first-order valence-corrected chi connectivity index (χ1v) is 12.6. The summed E-state index contributed by atoms with van der Waals surface area (Å²) in [6, 6.07) is 23.3. The number of ether oxygens (including phenoxy) is 2. The monoisotopic (exact) mass is 513 g/mol. The van der Waals surface area contributed by atoms with Crippen molar-refractivity contribution in [1.82, 2.24) is 4.57 Å². The number of fused-ring (bicyclic) bond motifs is 1. The summed E-state index contributed by atoms with van der Waals surface area (Å²) in [6.45, 7) is 1.65. The van der Waals surface area contributed by atoms with E-state index in [1.54, 1.807) is 0 Å². The molecule has 0 fully saturated rings. The second-order valence-corrected chi connectivity index (χ2v) is 8.92. The predicted molar refractivity (Wildman–Crippen MR) is 148 cm³/mol. The Balaban J connectivity index is 1.40. The molecule has 0 saturated heterocycles. The lowest BCUT2D eigenvalue weighted by atomic mass is 10.0. The summed E-state index contributed by atoms with van der Waals surface area (Å²) in [7, 11) is 0. The average molecular weight is 514 g/mol. The summed E-state index contributed by atoms with van der Waals surface area (Å²) in [5.74, 6) is -0.116. The third-order valence-electron chi connectivity index (χ3n) is 6.05. The number of nitrogens with zero attached hydrogens (tertiary/aromatic N) is 1. The van der Waals surface area contributed by atoms with Crippen LogP contribution in [0.3, 0.4) is 0 Å². The number of para-hydroxylation sites is 1. The van der Waals surface area contributed by atoms with Crippen LogP contribution in [0.2, 0.25) is 0 Å². The van der Waals surface area contributed by atoms with Gasteiger partial charge in [-0.05, 0) is 53.4 Å². The quantitative estimate of drug-likeness (QED) is 0.155. The summed E-state index contributed by atoms with van der Waals surface area (Å²) in [5.41, 5.74) is 3.51. The zero-order valence-electron chi connectivity index (χ0n) is 21.1. The number of rotatable bonds is 14. The van der Waals surface area contributed by atoms with Crippen molar-refractivity contribution in [3.8, 4) is 11.5 Å². The second-order valence-electron chi connectivity index (χ2n) is 8.92. The van der Waals surface area contributed by atoms with Crippen LogP contribution in [0.1, 0.15) is 36.0 Å². The SMILES string of the molecule is O=C(O)CCCn1cc(CC(=O)O)c2c(C=Cc3ccc(OCCCOc4ccccc4)cc3)cccc21. The van der Waals surface area contributed by atoms with E-state index in [9.17, 15) is 14.7 Å². The molecule has 0 saturated carbocycles. The molecule has 0 spiro atoms. The molecule has 1 heterocycles. The lowest BCUT2D eigenvalue weighted by Crippen LogP contribution is -2.04. The minimum Gasteiger partial charge on any atom is -0.493 e. The van der Waals surface area contributed by atoms with E-state index in [4.69, 9.17) is 14.6 Å². The van der Waals surface area contributed by atoms with Crippen LogP contribution in [0.5, 0.6) is 11.5 Å². The molecule has 2 N–H and O–H groups in total. The highest BCUT2D eigenvalue weighted by Gasteiger charge is 2.14. The van der Waals surface area contributed by atoms with E-state index in [0.717, 1.165) is 39.9 Å². The van der Waals surface area contributed by atoms with Gasteiger partial charge >= 0.3 is 11.9 Å². The van der Waals surface area contributed by atoms with Gasteiger partial charge in [-0.3, -0.25) is 9.59 Å². The minimum atomic E-state index is -0.907. The predicted octanol–water partition coefficient (Wildman–Crippen LogP) is 6.15. The Labute approximate surface area is 221 Å². The van der Waals surface area contributed by atoms with Gasteiger partial charge in [0.25, 0.3) is 0 Å². The third kappa shape index (κ3) is 7.49. The van der Waals surface area contributed by atoms with Crippen LogP contribution in [0.25, 0.3) is 23.1 Å². The van der Waals surface area contributed by atoms with Crippen molar-refractivity contribution in [1.29, 1.82) is 0 Å². The van der Waals surface area contributed by atoms with Crippen molar-refractivity contribution in [3.05, 3.63) is 95.7 Å². The highest BCUT2D eigenvalue weighted by atomic mass is 16.5. The van der Waals surface area contributed by atoms with Gasteiger partial charge in [0.1, 0.15) is 11.5 Å². The number of aromatic nitrogens is 1. The summed E-state index contributed by atoms with van der Waals surface area (Å²) in [6.07, 6.45) is 7.00. The van der Waals surface area contributed by atoms with Gasteiger partial charge in [0.05, 0.1) is 19.6 Å². The van der Waals surface area contributed by atoms with Crippen LogP contribution in [0.15, 0.2) is 79.0 Å². The van der Waals surface area contributed by atoms with Gasteiger partial charge in [0.15, 0.2) is 0 Å². The Kier molecular flexibility index (Phi) is 9.18. The molecule has 38 heavy (non-hydrogen) atoms. The minimum absolute atomic E-state index is 0.0642. The van der Waals surface area contributed by atoms with Gasteiger partial charge in [0.2, 0.25) is 0 Å². The molecular formula is C31H31NO6. The summed E-state index contributed by atoms with van der Waals surface area (Å²) >= 11 is 0. The van der Waals surface area contributed by atoms with E-state index >= 15 is 0 Å². The van der Waals surface area contributed by atoms with Crippen LogP contribution < -0.4 is 9.47 Å².